The molecule has 0 bridgehead atoms. The van der Waals surface area contributed by atoms with Crippen molar-refractivity contribution >= 4 is 16.8 Å². The molecule has 1 aliphatic carbocycles. The van der Waals surface area contributed by atoms with Gasteiger partial charge in [-0.3, -0.25) is 4.79 Å². The summed E-state index contributed by atoms with van der Waals surface area (Å²) in [6, 6.07) is 9.23. The summed E-state index contributed by atoms with van der Waals surface area (Å²) in [5.74, 6) is 1.99. The first-order valence-corrected chi connectivity index (χ1v) is 9.89. The van der Waals surface area contributed by atoms with Crippen LogP contribution < -0.4 is 24.3 Å². The van der Waals surface area contributed by atoms with Crippen molar-refractivity contribution in [1.82, 2.24) is 10.3 Å². The molecule has 2 N–H and O–H groups in total. The number of carbonyl (C=O) groups excluding carboxylic acids is 1. The van der Waals surface area contributed by atoms with Gasteiger partial charge in [-0.1, -0.05) is 0 Å². The topological polar surface area (TPSA) is 81.8 Å². The van der Waals surface area contributed by atoms with Crippen LogP contribution in [0.3, 0.4) is 0 Å². The number of H-pyrrole nitrogens is 1. The minimum atomic E-state index is -0.191. The lowest BCUT2D eigenvalue weighted by atomic mass is 9.91. The van der Waals surface area contributed by atoms with Gasteiger partial charge in [-0.25, -0.2) is 0 Å². The molecule has 1 aliphatic rings. The highest BCUT2D eigenvalue weighted by molar-refractivity contribution is 5.96. The molecule has 7 heteroatoms. The number of hydrogen-bond acceptors (Lipinski definition) is 5. The maximum absolute atomic E-state index is 13.1. The van der Waals surface area contributed by atoms with E-state index in [9.17, 15) is 4.79 Å². The van der Waals surface area contributed by atoms with Gasteiger partial charge >= 0.3 is 0 Å². The van der Waals surface area contributed by atoms with E-state index in [1.54, 1.807) is 19.2 Å². The van der Waals surface area contributed by atoms with Crippen LogP contribution in [0.4, 0.5) is 0 Å². The fourth-order valence-corrected chi connectivity index (χ4v) is 4.17. The number of benzene rings is 2. The predicted octanol–water partition coefficient (Wildman–Crippen LogP) is 4.01. The van der Waals surface area contributed by atoms with Crippen molar-refractivity contribution in [2.45, 2.75) is 25.3 Å². The molecule has 2 aromatic carbocycles. The van der Waals surface area contributed by atoms with Gasteiger partial charge in [-0.05, 0) is 55.2 Å². The first-order chi connectivity index (χ1) is 14.6. The maximum atomic E-state index is 13.1. The molecule has 7 nitrogen and oxygen atoms in total. The SMILES string of the molecule is COc1ccc2[nH]c3c(c2c1)CCC[C@H]3NC(=O)c1cc(OC)c(OC)c(OC)c1. The molecule has 0 unspecified atom stereocenters. The smallest absolute Gasteiger partial charge is 0.252 e. The van der Waals surface area contributed by atoms with Crippen molar-refractivity contribution in [1.29, 1.82) is 0 Å². The van der Waals surface area contributed by atoms with Crippen LogP contribution >= 0.6 is 0 Å². The lowest BCUT2D eigenvalue weighted by Gasteiger charge is -2.24. The Morgan fingerprint density at radius 1 is 1.00 bits per heavy atom. The van der Waals surface area contributed by atoms with Crippen molar-refractivity contribution < 1.29 is 23.7 Å². The Bertz CT molecular complexity index is 1060. The number of amides is 1. The van der Waals surface area contributed by atoms with E-state index in [-0.39, 0.29) is 11.9 Å². The van der Waals surface area contributed by atoms with Crippen LogP contribution in [0.2, 0.25) is 0 Å². The number of hydrogen-bond donors (Lipinski definition) is 2. The third-order valence-electron chi connectivity index (χ3n) is 5.65. The van der Waals surface area contributed by atoms with Crippen molar-refractivity contribution in [3.8, 4) is 23.0 Å². The number of nitrogens with one attached hydrogen (secondary N) is 2. The minimum Gasteiger partial charge on any atom is -0.497 e. The molecule has 1 atom stereocenters. The van der Waals surface area contributed by atoms with Crippen LogP contribution in [0.25, 0.3) is 10.9 Å². The van der Waals surface area contributed by atoms with Gasteiger partial charge in [0.05, 0.1) is 34.5 Å². The summed E-state index contributed by atoms with van der Waals surface area (Å²) >= 11 is 0. The molecule has 158 valence electrons. The predicted molar refractivity (Wildman–Crippen MR) is 114 cm³/mol. The van der Waals surface area contributed by atoms with E-state index >= 15 is 0 Å². The van der Waals surface area contributed by atoms with Crippen LogP contribution in [0.15, 0.2) is 30.3 Å². The monoisotopic (exact) mass is 410 g/mol. The lowest BCUT2D eigenvalue weighted by molar-refractivity contribution is 0.0931. The molecule has 1 aromatic heterocycles. The zero-order valence-corrected chi connectivity index (χ0v) is 17.6. The fraction of sp³-hybridized carbons (Fsp3) is 0.348. The number of rotatable bonds is 6. The van der Waals surface area contributed by atoms with Gasteiger partial charge in [0, 0.05) is 22.2 Å². The average molecular weight is 410 g/mol. The van der Waals surface area contributed by atoms with Gasteiger partial charge in [0.1, 0.15) is 5.75 Å². The molecule has 1 amide bonds. The summed E-state index contributed by atoms with van der Waals surface area (Å²) in [7, 11) is 6.27. The van der Waals surface area contributed by atoms with Gasteiger partial charge in [-0.2, -0.15) is 0 Å². The minimum absolute atomic E-state index is 0.0984. The van der Waals surface area contributed by atoms with Crippen molar-refractivity contribution in [2.24, 2.45) is 0 Å². The Balaban J connectivity index is 1.65. The van der Waals surface area contributed by atoms with E-state index in [1.165, 1.54) is 26.9 Å². The lowest BCUT2D eigenvalue weighted by Crippen LogP contribution is -2.31. The summed E-state index contributed by atoms with van der Waals surface area (Å²) < 4.78 is 21.5. The molecule has 0 spiro atoms. The Hall–Kier alpha value is -3.35. The molecule has 3 aromatic rings. The van der Waals surface area contributed by atoms with Gasteiger partial charge in [-0.15, -0.1) is 0 Å². The number of aromatic nitrogens is 1. The standard InChI is InChI=1S/C23H26N2O5/c1-27-14-8-9-17-16(12-14)15-6-5-7-18(21(15)24-17)25-23(26)13-10-19(28-2)22(30-4)20(11-13)29-3/h8-12,18,24H,5-7H2,1-4H3,(H,25,26)/t18-/m1/s1. The molecular weight excluding hydrogens is 384 g/mol. The first-order valence-electron chi connectivity index (χ1n) is 9.89. The third kappa shape index (κ3) is 3.40. The normalized spacial score (nSPS) is 15.4. The molecule has 4 rings (SSSR count). The highest BCUT2D eigenvalue weighted by Crippen LogP contribution is 2.39. The molecule has 0 saturated carbocycles. The highest BCUT2D eigenvalue weighted by Gasteiger charge is 2.27. The second-order valence-corrected chi connectivity index (χ2v) is 7.26. The second-order valence-electron chi connectivity index (χ2n) is 7.26. The number of aromatic amines is 1. The summed E-state index contributed by atoms with van der Waals surface area (Å²) in [5, 5.41) is 4.32. The number of fused-ring (bicyclic) bond motifs is 3. The number of carbonyl (C=O) groups is 1. The van der Waals surface area contributed by atoms with Crippen molar-refractivity contribution in [3.63, 3.8) is 0 Å². The van der Waals surface area contributed by atoms with Crippen LogP contribution in [0.5, 0.6) is 23.0 Å². The van der Waals surface area contributed by atoms with E-state index in [0.717, 1.165) is 41.6 Å². The third-order valence-corrected chi connectivity index (χ3v) is 5.65. The van der Waals surface area contributed by atoms with E-state index < -0.39 is 0 Å². The van der Waals surface area contributed by atoms with Gasteiger partial charge < -0.3 is 29.2 Å². The molecule has 0 saturated heterocycles. The molecule has 0 fully saturated rings. The van der Waals surface area contributed by atoms with Gasteiger partial charge in [0.25, 0.3) is 5.91 Å². The summed E-state index contributed by atoms with van der Waals surface area (Å²) in [4.78, 5) is 16.6. The fourth-order valence-electron chi connectivity index (χ4n) is 4.17. The quantitative estimate of drug-likeness (QED) is 0.642. The molecule has 0 radical (unpaired) electrons. The van der Waals surface area contributed by atoms with Gasteiger partial charge in [0.2, 0.25) is 5.75 Å². The summed E-state index contributed by atoms with van der Waals surface area (Å²) in [5.41, 5.74) is 3.81. The Morgan fingerprint density at radius 2 is 1.73 bits per heavy atom. The highest BCUT2D eigenvalue weighted by atomic mass is 16.5. The average Bonchev–Trinajstić information content (AvgIpc) is 3.16. The zero-order valence-electron chi connectivity index (χ0n) is 17.6. The number of aryl methyl sites for hydroxylation is 1. The molecular formula is C23H26N2O5. The molecule has 1 heterocycles. The first kappa shape index (κ1) is 19.9. The molecule has 30 heavy (non-hydrogen) atoms. The van der Waals surface area contributed by atoms with Crippen LogP contribution in [-0.4, -0.2) is 39.3 Å². The summed E-state index contributed by atoms with van der Waals surface area (Å²) in [6.45, 7) is 0. The van der Waals surface area contributed by atoms with E-state index in [0.29, 0.717) is 22.8 Å². The van der Waals surface area contributed by atoms with E-state index in [2.05, 4.69) is 10.3 Å². The summed E-state index contributed by atoms with van der Waals surface area (Å²) in [6.07, 6.45) is 2.84. The number of methoxy groups -OCH3 is 4. The zero-order chi connectivity index (χ0) is 21.3. The van der Waals surface area contributed by atoms with Crippen molar-refractivity contribution in [3.05, 3.63) is 47.2 Å². The second kappa shape index (κ2) is 8.18. The molecule has 0 aliphatic heterocycles. The van der Waals surface area contributed by atoms with E-state index in [1.807, 2.05) is 18.2 Å². The Labute approximate surface area is 175 Å². The van der Waals surface area contributed by atoms with Crippen LogP contribution in [0, 0.1) is 0 Å². The Kier molecular flexibility index (Phi) is 5.44. The van der Waals surface area contributed by atoms with Gasteiger partial charge in [0.15, 0.2) is 11.5 Å². The van der Waals surface area contributed by atoms with E-state index in [4.69, 9.17) is 18.9 Å². The number of ether oxygens (including phenoxy) is 4. The van der Waals surface area contributed by atoms with Crippen LogP contribution in [0.1, 0.15) is 40.5 Å². The van der Waals surface area contributed by atoms with Crippen LogP contribution in [-0.2, 0) is 6.42 Å². The largest absolute Gasteiger partial charge is 0.497 e. The Morgan fingerprint density at radius 3 is 2.37 bits per heavy atom. The van der Waals surface area contributed by atoms with Crippen molar-refractivity contribution in [2.75, 3.05) is 28.4 Å². The maximum Gasteiger partial charge on any atom is 0.252 e.